The summed E-state index contributed by atoms with van der Waals surface area (Å²) in [6.45, 7) is 2.50. The summed E-state index contributed by atoms with van der Waals surface area (Å²) in [5.41, 5.74) is 0.314. The molecule has 4 rings (SSSR count). The Morgan fingerprint density at radius 3 is 2.82 bits per heavy atom. The van der Waals surface area contributed by atoms with E-state index in [-0.39, 0.29) is 23.8 Å². The lowest BCUT2D eigenvalue weighted by Gasteiger charge is -2.26. The predicted molar refractivity (Wildman–Crippen MR) is 107 cm³/mol. The van der Waals surface area contributed by atoms with Gasteiger partial charge in [-0.2, -0.15) is 0 Å². The largest absolute Gasteiger partial charge is 0.467 e. The van der Waals surface area contributed by atoms with E-state index in [2.05, 4.69) is 4.98 Å². The van der Waals surface area contributed by atoms with Crippen LogP contribution in [0, 0.1) is 0 Å². The molecule has 0 atom stereocenters. The summed E-state index contributed by atoms with van der Waals surface area (Å²) in [6.07, 6.45) is 1.56. The van der Waals surface area contributed by atoms with Gasteiger partial charge in [0.2, 0.25) is 5.91 Å². The molecule has 1 aliphatic heterocycles. The maximum atomic E-state index is 13.0. The second-order valence-electron chi connectivity index (χ2n) is 6.31. The van der Waals surface area contributed by atoms with E-state index in [0.717, 1.165) is 0 Å². The van der Waals surface area contributed by atoms with Crippen LogP contribution < -0.4 is 5.56 Å². The number of hydrogen-bond acceptors (Lipinski definition) is 6. The third-order valence-electron chi connectivity index (χ3n) is 4.46. The van der Waals surface area contributed by atoms with Gasteiger partial charge in [-0.25, -0.2) is 4.98 Å². The molecule has 0 N–H and O–H groups in total. The number of hydrogen-bond donors (Lipinski definition) is 0. The smallest absolute Gasteiger partial charge is 0.262 e. The highest BCUT2D eigenvalue weighted by molar-refractivity contribution is 7.99. The molecule has 0 spiro atoms. The van der Waals surface area contributed by atoms with E-state index in [1.807, 2.05) is 0 Å². The van der Waals surface area contributed by atoms with Crippen molar-refractivity contribution in [2.24, 2.45) is 0 Å². The van der Waals surface area contributed by atoms with Crippen molar-refractivity contribution in [1.29, 1.82) is 0 Å². The number of amides is 1. The minimum atomic E-state index is -0.195. The van der Waals surface area contributed by atoms with Crippen LogP contribution in [0.25, 0.3) is 10.9 Å². The molecule has 3 aromatic rings. The molecule has 1 aromatic carbocycles. The summed E-state index contributed by atoms with van der Waals surface area (Å²) in [7, 11) is 0. The van der Waals surface area contributed by atoms with Crippen molar-refractivity contribution in [2.45, 2.75) is 11.7 Å². The Labute approximate surface area is 170 Å². The topological polar surface area (TPSA) is 77.6 Å². The van der Waals surface area contributed by atoms with Gasteiger partial charge in [0.05, 0.1) is 42.7 Å². The van der Waals surface area contributed by atoms with Gasteiger partial charge in [0.15, 0.2) is 5.16 Å². The van der Waals surface area contributed by atoms with Crippen LogP contribution in [0.5, 0.6) is 0 Å². The number of carbonyl (C=O) groups is 1. The molecule has 0 bridgehead atoms. The van der Waals surface area contributed by atoms with E-state index in [1.165, 1.54) is 16.3 Å². The second kappa shape index (κ2) is 8.38. The number of halogens is 1. The number of aromatic nitrogens is 2. The fraction of sp³-hybridized carbons (Fsp3) is 0.316. The summed E-state index contributed by atoms with van der Waals surface area (Å²) >= 11 is 7.30. The number of nitrogens with zero attached hydrogens (tertiary/aromatic N) is 3. The Morgan fingerprint density at radius 1 is 1.25 bits per heavy atom. The Hall–Kier alpha value is -2.29. The van der Waals surface area contributed by atoms with E-state index in [4.69, 9.17) is 20.8 Å². The molecule has 3 heterocycles. The van der Waals surface area contributed by atoms with Gasteiger partial charge >= 0.3 is 0 Å². The average molecular weight is 420 g/mol. The molecule has 0 unspecified atom stereocenters. The SMILES string of the molecule is O=C(CSc1nc2cc(Cl)ccc2c(=O)n1Cc1ccco1)N1CCOCC1. The lowest BCUT2D eigenvalue weighted by Crippen LogP contribution is -2.41. The minimum Gasteiger partial charge on any atom is -0.467 e. The van der Waals surface area contributed by atoms with Gasteiger partial charge in [0, 0.05) is 18.1 Å². The molecule has 1 fully saturated rings. The van der Waals surface area contributed by atoms with Crippen LogP contribution in [-0.4, -0.2) is 52.4 Å². The number of fused-ring (bicyclic) bond motifs is 1. The van der Waals surface area contributed by atoms with Crippen LogP contribution in [0.4, 0.5) is 0 Å². The first-order valence-electron chi connectivity index (χ1n) is 8.82. The van der Waals surface area contributed by atoms with E-state index >= 15 is 0 Å². The molecular formula is C19H18ClN3O4S. The summed E-state index contributed by atoms with van der Waals surface area (Å²) in [4.78, 5) is 31.9. The van der Waals surface area contributed by atoms with Gasteiger partial charge in [0.1, 0.15) is 5.76 Å². The summed E-state index contributed by atoms with van der Waals surface area (Å²) in [5.74, 6) is 0.827. The van der Waals surface area contributed by atoms with Gasteiger partial charge in [-0.3, -0.25) is 14.2 Å². The van der Waals surface area contributed by atoms with Crippen molar-refractivity contribution in [2.75, 3.05) is 32.1 Å². The zero-order valence-corrected chi connectivity index (χ0v) is 16.5. The fourth-order valence-corrected chi connectivity index (χ4v) is 4.08. The zero-order chi connectivity index (χ0) is 19.5. The highest BCUT2D eigenvalue weighted by Gasteiger charge is 2.19. The maximum Gasteiger partial charge on any atom is 0.262 e. The molecule has 1 saturated heterocycles. The predicted octanol–water partition coefficient (Wildman–Crippen LogP) is 2.64. The number of ether oxygens (including phenoxy) is 1. The molecule has 2 aromatic heterocycles. The van der Waals surface area contributed by atoms with Crippen LogP contribution in [0.15, 0.2) is 51.0 Å². The van der Waals surface area contributed by atoms with Crippen LogP contribution in [0.2, 0.25) is 5.02 Å². The van der Waals surface area contributed by atoms with Crippen molar-refractivity contribution < 1.29 is 13.9 Å². The molecule has 1 aliphatic rings. The molecular weight excluding hydrogens is 402 g/mol. The Morgan fingerprint density at radius 2 is 2.07 bits per heavy atom. The van der Waals surface area contributed by atoms with Gasteiger partial charge in [-0.15, -0.1) is 0 Å². The third kappa shape index (κ3) is 4.09. The van der Waals surface area contributed by atoms with Crippen molar-refractivity contribution in [1.82, 2.24) is 14.5 Å². The highest BCUT2D eigenvalue weighted by atomic mass is 35.5. The molecule has 146 valence electrons. The number of morpholine rings is 1. The first-order chi connectivity index (χ1) is 13.6. The standard InChI is InChI=1S/C19H18ClN3O4S/c20-13-3-4-15-16(10-13)21-19(23(18(15)25)11-14-2-1-7-27-14)28-12-17(24)22-5-8-26-9-6-22/h1-4,7,10H,5-6,8-9,11-12H2. The fourth-order valence-electron chi connectivity index (χ4n) is 3.01. The van der Waals surface area contributed by atoms with Crippen molar-refractivity contribution in [3.05, 3.63) is 57.7 Å². The normalized spacial score (nSPS) is 14.5. The van der Waals surface area contributed by atoms with E-state index in [1.54, 1.807) is 41.5 Å². The first-order valence-corrected chi connectivity index (χ1v) is 10.2. The van der Waals surface area contributed by atoms with Gasteiger partial charge in [0.25, 0.3) is 5.56 Å². The first kappa shape index (κ1) is 19.0. The number of furan rings is 1. The van der Waals surface area contributed by atoms with Crippen LogP contribution in [0.3, 0.4) is 0 Å². The summed E-state index contributed by atoms with van der Waals surface area (Å²) in [6, 6.07) is 8.55. The van der Waals surface area contributed by atoms with E-state index in [9.17, 15) is 9.59 Å². The zero-order valence-electron chi connectivity index (χ0n) is 15.0. The summed E-state index contributed by atoms with van der Waals surface area (Å²) in [5, 5.41) is 1.43. The lowest BCUT2D eigenvalue weighted by molar-refractivity contribution is -0.132. The van der Waals surface area contributed by atoms with Gasteiger partial charge in [-0.05, 0) is 30.3 Å². The Kier molecular flexibility index (Phi) is 5.70. The second-order valence-corrected chi connectivity index (χ2v) is 7.69. The Bertz CT molecular complexity index is 1050. The summed E-state index contributed by atoms with van der Waals surface area (Å²) < 4.78 is 12.2. The minimum absolute atomic E-state index is 0.00158. The monoisotopic (exact) mass is 419 g/mol. The number of rotatable bonds is 5. The molecule has 7 nitrogen and oxygen atoms in total. The highest BCUT2D eigenvalue weighted by Crippen LogP contribution is 2.22. The van der Waals surface area contributed by atoms with Gasteiger partial charge < -0.3 is 14.1 Å². The van der Waals surface area contributed by atoms with Crippen molar-refractivity contribution in [3.8, 4) is 0 Å². The molecule has 0 aliphatic carbocycles. The quantitative estimate of drug-likeness (QED) is 0.467. The maximum absolute atomic E-state index is 13.0. The van der Waals surface area contributed by atoms with Crippen LogP contribution in [-0.2, 0) is 16.1 Å². The number of thioether (sulfide) groups is 1. The average Bonchev–Trinajstić information content (AvgIpc) is 3.22. The molecule has 0 saturated carbocycles. The molecule has 0 radical (unpaired) electrons. The molecule has 1 amide bonds. The number of carbonyl (C=O) groups excluding carboxylic acids is 1. The van der Waals surface area contributed by atoms with E-state index in [0.29, 0.717) is 53.1 Å². The Balaban J connectivity index is 1.66. The lowest BCUT2D eigenvalue weighted by atomic mass is 10.2. The molecule has 9 heteroatoms. The van der Waals surface area contributed by atoms with E-state index < -0.39 is 0 Å². The van der Waals surface area contributed by atoms with Crippen molar-refractivity contribution in [3.63, 3.8) is 0 Å². The number of benzene rings is 1. The van der Waals surface area contributed by atoms with Crippen molar-refractivity contribution >= 4 is 40.2 Å². The molecule has 28 heavy (non-hydrogen) atoms. The van der Waals surface area contributed by atoms with Crippen LogP contribution in [0.1, 0.15) is 5.76 Å². The van der Waals surface area contributed by atoms with Crippen LogP contribution >= 0.6 is 23.4 Å². The third-order valence-corrected chi connectivity index (χ3v) is 5.66. The van der Waals surface area contributed by atoms with Gasteiger partial charge in [-0.1, -0.05) is 23.4 Å².